The summed E-state index contributed by atoms with van der Waals surface area (Å²) >= 11 is 0. The zero-order chi connectivity index (χ0) is 28.6. The van der Waals surface area contributed by atoms with Gasteiger partial charge in [-0.05, 0) is 22.3 Å². The van der Waals surface area contributed by atoms with Gasteiger partial charge in [0.1, 0.15) is 17.8 Å². The lowest BCUT2D eigenvalue weighted by Crippen LogP contribution is -2.68. The maximum atomic E-state index is 13.8. The molecule has 5 N–H and O–H groups in total. The highest BCUT2D eigenvalue weighted by Crippen LogP contribution is 2.34. The van der Waals surface area contributed by atoms with Crippen LogP contribution >= 0.6 is 0 Å². The van der Waals surface area contributed by atoms with Gasteiger partial charge < -0.3 is 25.5 Å². The van der Waals surface area contributed by atoms with Gasteiger partial charge in [0.2, 0.25) is 0 Å². The molecule has 4 rings (SSSR count). The number of aliphatic hydroxyl groups excluding tert-OH is 3. The summed E-state index contributed by atoms with van der Waals surface area (Å²) in [6.45, 7) is 0. The highest BCUT2D eigenvalue weighted by molar-refractivity contribution is 5.90. The van der Waals surface area contributed by atoms with Crippen LogP contribution < -0.4 is 0 Å². The summed E-state index contributed by atoms with van der Waals surface area (Å²) in [6.07, 6.45) is -6.41. The van der Waals surface area contributed by atoms with Gasteiger partial charge >= 0.3 is 0 Å². The minimum Gasteiger partial charge on any atom is -0.390 e. The number of ketones is 1. The molecule has 6 nitrogen and oxygen atoms in total. The summed E-state index contributed by atoms with van der Waals surface area (Å²) in [4.78, 5) is 13.8. The van der Waals surface area contributed by atoms with E-state index in [-0.39, 0.29) is 25.7 Å². The molecule has 40 heavy (non-hydrogen) atoms. The third-order valence-electron chi connectivity index (χ3n) is 7.43. The van der Waals surface area contributed by atoms with Crippen molar-refractivity contribution in [2.45, 2.75) is 55.2 Å². The topological polar surface area (TPSA) is 118 Å². The molecule has 4 aromatic carbocycles. The Morgan fingerprint density at radius 1 is 0.575 bits per heavy atom. The molecule has 0 aliphatic rings. The second kappa shape index (κ2) is 13.1. The molecule has 0 spiro atoms. The van der Waals surface area contributed by atoms with Gasteiger partial charge in [-0.15, -0.1) is 0 Å². The van der Waals surface area contributed by atoms with E-state index >= 15 is 0 Å². The third kappa shape index (κ3) is 6.91. The molecule has 0 fully saturated rings. The molecule has 0 heterocycles. The van der Waals surface area contributed by atoms with E-state index in [1.165, 1.54) is 0 Å². The Kier molecular flexibility index (Phi) is 9.63. The molecule has 0 saturated heterocycles. The second-order valence-corrected chi connectivity index (χ2v) is 10.4. The fourth-order valence-electron chi connectivity index (χ4n) is 5.19. The van der Waals surface area contributed by atoms with E-state index in [0.717, 1.165) is 0 Å². The first kappa shape index (κ1) is 29.3. The molecule has 0 saturated carbocycles. The second-order valence-electron chi connectivity index (χ2n) is 10.4. The summed E-state index contributed by atoms with van der Waals surface area (Å²) in [6, 6.07) is 35.2. The average Bonchev–Trinajstić information content (AvgIpc) is 2.98. The largest absolute Gasteiger partial charge is 0.390 e. The zero-order valence-corrected chi connectivity index (χ0v) is 22.3. The van der Waals surface area contributed by atoms with E-state index in [4.69, 9.17) is 0 Å². The number of rotatable bonds is 13. The molecule has 5 atom stereocenters. The zero-order valence-electron chi connectivity index (χ0n) is 22.3. The van der Waals surface area contributed by atoms with Crippen molar-refractivity contribution in [2.24, 2.45) is 0 Å². The van der Waals surface area contributed by atoms with Crippen LogP contribution in [-0.4, -0.2) is 60.8 Å². The minimum absolute atomic E-state index is 0.0130. The molecule has 0 aliphatic carbocycles. The van der Waals surface area contributed by atoms with Crippen LogP contribution in [0.1, 0.15) is 22.3 Å². The van der Waals surface area contributed by atoms with E-state index in [2.05, 4.69) is 0 Å². The standard InChI is InChI=1S/C34H36O6/c35-29(21-25-13-5-1-6-14-25)31(37)34(40,24-28-19-11-4-12-20-28)32(38)33(39,23-27-17-9-3-10-18-27)30(36)22-26-15-7-2-8-16-26/h1-20,29,31-32,35,37-40H,21-24H2/t29?,31-,32-,33+,34-/m1/s1. The van der Waals surface area contributed by atoms with Crippen LogP contribution in [0.3, 0.4) is 0 Å². The monoisotopic (exact) mass is 540 g/mol. The van der Waals surface area contributed by atoms with Crippen LogP contribution in [0.25, 0.3) is 0 Å². The molecular weight excluding hydrogens is 504 g/mol. The van der Waals surface area contributed by atoms with Crippen molar-refractivity contribution in [3.05, 3.63) is 144 Å². The fourth-order valence-corrected chi connectivity index (χ4v) is 5.19. The van der Waals surface area contributed by atoms with Crippen LogP contribution in [0, 0.1) is 0 Å². The Bertz CT molecular complexity index is 1330. The van der Waals surface area contributed by atoms with Crippen molar-refractivity contribution in [1.29, 1.82) is 0 Å². The highest BCUT2D eigenvalue weighted by Gasteiger charge is 2.57. The molecule has 0 bridgehead atoms. The first-order valence-electron chi connectivity index (χ1n) is 13.4. The molecule has 4 aromatic rings. The molecule has 0 aliphatic heterocycles. The number of carbonyl (C=O) groups excluding carboxylic acids is 1. The number of benzene rings is 4. The summed E-state index contributed by atoms with van der Waals surface area (Å²) in [5.74, 6) is -0.716. The van der Waals surface area contributed by atoms with Crippen molar-refractivity contribution in [3.8, 4) is 0 Å². The van der Waals surface area contributed by atoms with Gasteiger partial charge in [-0.1, -0.05) is 121 Å². The van der Waals surface area contributed by atoms with Gasteiger partial charge in [-0.2, -0.15) is 0 Å². The smallest absolute Gasteiger partial charge is 0.171 e. The Balaban J connectivity index is 1.74. The Morgan fingerprint density at radius 2 is 0.975 bits per heavy atom. The van der Waals surface area contributed by atoms with Crippen molar-refractivity contribution in [1.82, 2.24) is 0 Å². The Labute approximate surface area is 234 Å². The summed E-state index contributed by atoms with van der Waals surface area (Å²) < 4.78 is 0. The SMILES string of the molecule is O=C(Cc1ccccc1)[C@@](O)(Cc1ccccc1)[C@@H](O)[C@@](O)(Cc1ccccc1)[C@H](O)C(O)Cc1ccccc1. The number of hydrogen-bond donors (Lipinski definition) is 5. The van der Waals surface area contributed by atoms with Gasteiger partial charge in [-0.25, -0.2) is 0 Å². The lowest BCUT2D eigenvalue weighted by molar-refractivity contribution is -0.223. The maximum absolute atomic E-state index is 13.8. The average molecular weight is 541 g/mol. The predicted molar refractivity (Wildman–Crippen MR) is 154 cm³/mol. The van der Waals surface area contributed by atoms with E-state index in [1.54, 1.807) is 109 Å². The Hall–Kier alpha value is -3.65. The Morgan fingerprint density at radius 3 is 1.45 bits per heavy atom. The van der Waals surface area contributed by atoms with Crippen LogP contribution in [0.15, 0.2) is 121 Å². The lowest BCUT2D eigenvalue weighted by atomic mass is 9.70. The first-order valence-corrected chi connectivity index (χ1v) is 13.4. The minimum atomic E-state index is -2.49. The maximum Gasteiger partial charge on any atom is 0.171 e. The fraction of sp³-hybridized carbons (Fsp3) is 0.265. The first-order chi connectivity index (χ1) is 19.2. The van der Waals surface area contributed by atoms with Gasteiger partial charge in [0.25, 0.3) is 0 Å². The molecule has 1 unspecified atom stereocenters. The van der Waals surface area contributed by atoms with Crippen LogP contribution in [-0.2, 0) is 30.5 Å². The van der Waals surface area contributed by atoms with Crippen molar-refractivity contribution in [3.63, 3.8) is 0 Å². The summed E-state index contributed by atoms with van der Waals surface area (Å²) in [7, 11) is 0. The van der Waals surface area contributed by atoms with Crippen LogP contribution in [0.5, 0.6) is 0 Å². The third-order valence-corrected chi connectivity index (χ3v) is 7.43. The highest BCUT2D eigenvalue weighted by atomic mass is 16.4. The quantitative estimate of drug-likeness (QED) is 0.178. The van der Waals surface area contributed by atoms with Crippen molar-refractivity contribution in [2.75, 3.05) is 0 Å². The van der Waals surface area contributed by atoms with E-state index in [0.29, 0.717) is 22.3 Å². The van der Waals surface area contributed by atoms with Gasteiger partial charge in [-0.3, -0.25) is 4.79 Å². The van der Waals surface area contributed by atoms with E-state index in [1.807, 2.05) is 12.1 Å². The molecule has 0 amide bonds. The van der Waals surface area contributed by atoms with E-state index in [9.17, 15) is 30.3 Å². The van der Waals surface area contributed by atoms with Crippen molar-refractivity contribution < 1.29 is 30.3 Å². The van der Waals surface area contributed by atoms with Crippen LogP contribution in [0.4, 0.5) is 0 Å². The molecule has 0 aromatic heterocycles. The van der Waals surface area contributed by atoms with Crippen molar-refractivity contribution >= 4 is 5.78 Å². The molecule has 208 valence electrons. The lowest BCUT2D eigenvalue weighted by Gasteiger charge is -2.45. The predicted octanol–water partition coefficient (Wildman–Crippen LogP) is 3.07. The van der Waals surface area contributed by atoms with Gasteiger partial charge in [0, 0.05) is 25.7 Å². The van der Waals surface area contributed by atoms with Gasteiger partial charge in [0.15, 0.2) is 11.4 Å². The number of aliphatic hydroxyl groups is 5. The van der Waals surface area contributed by atoms with Gasteiger partial charge in [0.05, 0.1) is 6.10 Å². The van der Waals surface area contributed by atoms with Crippen LogP contribution in [0.2, 0.25) is 0 Å². The summed E-state index contributed by atoms with van der Waals surface area (Å²) in [5.41, 5.74) is -2.54. The summed E-state index contributed by atoms with van der Waals surface area (Å²) in [5, 5.41) is 58.5. The number of hydrogen-bond acceptors (Lipinski definition) is 6. The number of Topliss-reactive ketones (excluding diaryl/α,β-unsaturated/α-hetero) is 1. The normalized spacial score (nSPS) is 16.7. The molecule has 0 radical (unpaired) electrons. The molecule has 6 heteroatoms. The van der Waals surface area contributed by atoms with E-state index < -0.39 is 35.3 Å². The molecular formula is C34H36O6. The number of carbonyl (C=O) groups is 1.